The number of H-pyrrole nitrogens is 1. The van der Waals surface area contributed by atoms with Gasteiger partial charge in [-0.25, -0.2) is 9.78 Å². The Kier molecular flexibility index (Phi) is 6.90. The van der Waals surface area contributed by atoms with Crippen molar-refractivity contribution in [2.45, 2.75) is 45.7 Å². The Morgan fingerprint density at radius 2 is 1.90 bits per heavy atom. The summed E-state index contributed by atoms with van der Waals surface area (Å²) in [6, 6.07) is 15.6. The van der Waals surface area contributed by atoms with Gasteiger partial charge in [-0.1, -0.05) is 44.5 Å². The SMILES string of the molecule is CC(C)(C)C(Nc1ccc(-c2cnc([C@@H]3CCc4cc(-c5cc(Cl)ccc5-n5cnnn5)cc(=O)n43)[nH]2)cc1)C(=O)O. The summed E-state index contributed by atoms with van der Waals surface area (Å²) in [6.45, 7) is 5.66. The molecule has 3 N–H and O–H groups in total. The van der Waals surface area contributed by atoms with E-state index in [0.29, 0.717) is 17.3 Å². The number of pyridine rings is 1. The molecule has 6 rings (SSSR count). The van der Waals surface area contributed by atoms with Gasteiger partial charge < -0.3 is 20.0 Å². The number of halogens is 1. The van der Waals surface area contributed by atoms with Gasteiger partial charge in [0.2, 0.25) is 0 Å². The van der Waals surface area contributed by atoms with Crippen LogP contribution >= 0.6 is 11.6 Å². The third kappa shape index (κ3) is 5.18. The van der Waals surface area contributed by atoms with Crippen LogP contribution in [-0.4, -0.2) is 51.9 Å². The first-order chi connectivity index (χ1) is 20.1. The van der Waals surface area contributed by atoms with Gasteiger partial charge >= 0.3 is 5.97 Å². The minimum Gasteiger partial charge on any atom is -0.480 e. The van der Waals surface area contributed by atoms with Crippen molar-refractivity contribution in [3.8, 4) is 28.1 Å². The molecule has 0 radical (unpaired) electrons. The average Bonchev–Trinajstić information content (AvgIpc) is 3.72. The topological polar surface area (TPSA) is 144 Å². The van der Waals surface area contributed by atoms with Crippen LogP contribution in [0.1, 0.15) is 44.8 Å². The molecule has 42 heavy (non-hydrogen) atoms. The van der Waals surface area contributed by atoms with E-state index in [-0.39, 0.29) is 11.6 Å². The summed E-state index contributed by atoms with van der Waals surface area (Å²) in [5.41, 5.74) is 4.97. The maximum atomic E-state index is 13.5. The Bertz CT molecular complexity index is 1820. The maximum Gasteiger partial charge on any atom is 0.326 e. The molecule has 214 valence electrons. The van der Waals surface area contributed by atoms with E-state index < -0.39 is 17.4 Å². The number of anilines is 1. The van der Waals surface area contributed by atoms with Gasteiger partial charge in [0.25, 0.3) is 5.56 Å². The number of fused-ring (bicyclic) bond motifs is 1. The number of aryl methyl sites for hydroxylation is 1. The van der Waals surface area contributed by atoms with E-state index in [1.54, 1.807) is 33.6 Å². The van der Waals surface area contributed by atoms with Crippen LogP contribution in [-0.2, 0) is 11.2 Å². The lowest BCUT2D eigenvalue weighted by Gasteiger charge is -2.28. The molecule has 2 aromatic carbocycles. The molecule has 1 aliphatic heterocycles. The van der Waals surface area contributed by atoms with Crippen molar-refractivity contribution in [2.24, 2.45) is 5.41 Å². The maximum absolute atomic E-state index is 13.5. The van der Waals surface area contributed by atoms with Crippen molar-refractivity contribution in [3.05, 3.63) is 94.0 Å². The van der Waals surface area contributed by atoms with Crippen molar-refractivity contribution in [1.29, 1.82) is 0 Å². The van der Waals surface area contributed by atoms with E-state index in [4.69, 9.17) is 11.6 Å². The van der Waals surface area contributed by atoms with Gasteiger partial charge in [-0.05, 0) is 76.2 Å². The molecule has 2 atom stereocenters. The van der Waals surface area contributed by atoms with Gasteiger partial charge in [-0.3, -0.25) is 4.79 Å². The second kappa shape index (κ2) is 10.6. The summed E-state index contributed by atoms with van der Waals surface area (Å²) in [6.07, 6.45) is 4.70. The highest BCUT2D eigenvalue weighted by atomic mass is 35.5. The van der Waals surface area contributed by atoms with Crippen molar-refractivity contribution in [1.82, 2.24) is 34.7 Å². The molecule has 0 spiro atoms. The molecule has 12 heteroatoms. The number of imidazole rings is 1. The summed E-state index contributed by atoms with van der Waals surface area (Å²) < 4.78 is 3.33. The number of aliphatic carboxylic acids is 1. The fraction of sp³-hybridized carbons (Fsp3) is 0.267. The van der Waals surface area contributed by atoms with Crippen molar-refractivity contribution < 1.29 is 9.90 Å². The second-order valence-electron chi connectivity index (χ2n) is 11.5. The zero-order valence-electron chi connectivity index (χ0n) is 23.2. The molecule has 0 amide bonds. The molecule has 1 unspecified atom stereocenters. The highest BCUT2D eigenvalue weighted by Crippen LogP contribution is 2.34. The van der Waals surface area contributed by atoms with E-state index in [0.717, 1.165) is 45.9 Å². The molecule has 0 aliphatic carbocycles. The fourth-order valence-electron chi connectivity index (χ4n) is 5.43. The Morgan fingerprint density at radius 1 is 1.12 bits per heavy atom. The highest BCUT2D eigenvalue weighted by Gasteiger charge is 2.31. The van der Waals surface area contributed by atoms with Crippen LogP contribution in [0.25, 0.3) is 28.1 Å². The molecule has 11 nitrogen and oxygen atoms in total. The predicted molar refractivity (Wildman–Crippen MR) is 159 cm³/mol. The number of benzene rings is 2. The molecule has 0 bridgehead atoms. The molecule has 0 fully saturated rings. The minimum absolute atomic E-state index is 0.132. The number of rotatable bonds is 7. The molecular weight excluding hydrogens is 556 g/mol. The van der Waals surface area contributed by atoms with Crippen LogP contribution in [0.3, 0.4) is 0 Å². The summed E-state index contributed by atoms with van der Waals surface area (Å²) in [5.74, 6) is -0.193. The van der Waals surface area contributed by atoms with Crippen LogP contribution in [0.5, 0.6) is 0 Å². The smallest absolute Gasteiger partial charge is 0.326 e. The second-order valence-corrected chi connectivity index (χ2v) is 11.9. The Labute approximate surface area is 246 Å². The molecule has 4 heterocycles. The monoisotopic (exact) mass is 584 g/mol. The van der Waals surface area contributed by atoms with Crippen LogP contribution in [0.4, 0.5) is 5.69 Å². The van der Waals surface area contributed by atoms with Gasteiger partial charge in [0.05, 0.1) is 23.6 Å². The van der Waals surface area contributed by atoms with Gasteiger partial charge in [0.15, 0.2) is 0 Å². The molecule has 5 aromatic rings. The van der Waals surface area contributed by atoms with Crippen LogP contribution < -0.4 is 10.9 Å². The van der Waals surface area contributed by atoms with Crippen molar-refractivity contribution in [2.75, 3.05) is 5.32 Å². The van der Waals surface area contributed by atoms with E-state index in [9.17, 15) is 14.7 Å². The number of carbonyl (C=O) groups is 1. The van der Waals surface area contributed by atoms with Crippen molar-refractivity contribution in [3.63, 3.8) is 0 Å². The summed E-state index contributed by atoms with van der Waals surface area (Å²) >= 11 is 6.32. The first-order valence-electron chi connectivity index (χ1n) is 13.5. The first-order valence-corrected chi connectivity index (χ1v) is 13.9. The zero-order chi connectivity index (χ0) is 29.6. The predicted octanol–water partition coefficient (Wildman–Crippen LogP) is 4.98. The zero-order valence-corrected chi connectivity index (χ0v) is 24.0. The fourth-order valence-corrected chi connectivity index (χ4v) is 5.61. The lowest BCUT2D eigenvalue weighted by atomic mass is 9.86. The summed E-state index contributed by atoms with van der Waals surface area (Å²) in [5, 5.41) is 24.7. The third-order valence-electron chi connectivity index (χ3n) is 7.53. The Morgan fingerprint density at radius 3 is 2.60 bits per heavy atom. The van der Waals surface area contributed by atoms with Gasteiger partial charge in [0.1, 0.15) is 18.2 Å². The van der Waals surface area contributed by atoms with E-state index >= 15 is 0 Å². The lowest BCUT2D eigenvalue weighted by Crippen LogP contribution is -2.41. The molecular formula is C30H29ClN8O3. The largest absolute Gasteiger partial charge is 0.480 e. The van der Waals surface area contributed by atoms with Crippen molar-refractivity contribution >= 4 is 23.3 Å². The van der Waals surface area contributed by atoms with Gasteiger partial charge in [0, 0.05) is 28.0 Å². The molecule has 0 saturated carbocycles. The number of hydrogen-bond acceptors (Lipinski definition) is 7. The number of hydrogen-bond donors (Lipinski definition) is 3. The normalized spacial score (nSPS) is 15.4. The van der Waals surface area contributed by atoms with Crippen LogP contribution in [0.2, 0.25) is 5.02 Å². The summed E-state index contributed by atoms with van der Waals surface area (Å²) in [4.78, 5) is 33.2. The number of nitrogens with one attached hydrogen (secondary N) is 2. The van der Waals surface area contributed by atoms with Crippen LogP contribution in [0.15, 0.2) is 71.9 Å². The number of tetrazole rings is 1. The van der Waals surface area contributed by atoms with E-state index in [1.165, 1.54) is 6.33 Å². The number of nitrogens with zero attached hydrogens (tertiary/aromatic N) is 6. The Hall–Kier alpha value is -4.77. The average molecular weight is 585 g/mol. The first kappa shape index (κ1) is 27.4. The van der Waals surface area contributed by atoms with Crippen LogP contribution in [0, 0.1) is 5.41 Å². The molecule has 3 aromatic heterocycles. The molecule has 1 aliphatic rings. The quantitative estimate of drug-likeness (QED) is 0.243. The number of carboxylic acids is 1. The third-order valence-corrected chi connectivity index (χ3v) is 7.77. The molecule has 0 saturated heterocycles. The van der Waals surface area contributed by atoms with E-state index in [1.807, 2.05) is 57.2 Å². The van der Waals surface area contributed by atoms with Gasteiger partial charge in [-0.2, -0.15) is 4.68 Å². The number of carboxylic acid groups (broad SMARTS) is 1. The minimum atomic E-state index is -0.899. The lowest BCUT2D eigenvalue weighted by molar-refractivity contribution is -0.140. The van der Waals surface area contributed by atoms with Gasteiger partial charge in [-0.15, -0.1) is 5.10 Å². The standard InChI is InChI=1S/C30H29ClN8O3/c1-30(2,3)27(29(41)42)34-20-7-4-17(5-8-20)23-15-32-28(35-23)25-11-9-21-12-18(13-26(40)39(21)25)22-14-19(31)6-10-24(22)38-16-33-36-37-38/h4-8,10,12-16,25,27,34H,9,11H2,1-3H3,(H,32,35)(H,41,42)/t25-,27?/m0/s1. The van der Waals surface area contributed by atoms with E-state index in [2.05, 4.69) is 30.8 Å². The number of aromatic amines is 1. The Balaban J connectivity index is 1.26. The highest BCUT2D eigenvalue weighted by molar-refractivity contribution is 6.31. The number of aromatic nitrogens is 7. The summed E-state index contributed by atoms with van der Waals surface area (Å²) in [7, 11) is 0.